The van der Waals surface area contributed by atoms with Crippen LogP contribution in [0.15, 0.2) is 34.7 Å². The van der Waals surface area contributed by atoms with E-state index in [2.05, 4.69) is 10.9 Å². The van der Waals surface area contributed by atoms with Crippen LogP contribution in [0.2, 0.25) is 0 Å². The standard InChI is InChI=1S/C20H20N2O3S2/c1-26-11-14-13-7-3-4-8-15(13)25-18(14)20(24)22-21-19(23)17-10-12-6-2-5-9-16(12)27-17/h3-4,7-8,10H,2,5-6,9,11H2,1H3,(H,21,23)(H,22,24). The highest BCUT2D eigenvalue weighted by molar-refractivity contribution is 7.97. The van der Waals surface area contributed by atoms with Crippen molar-refractivity contribution < 1.29 is 14.0 Å². The van der Waals surface area contributed by atoms with E-state index in [0.717, 1.165) is 23.8 Å². The molecule has 0 atom stereocenters. The fourth-order valence-electron chi connectivity index (χ4n) is 3.40. The molecule has 0 saturated carbocycles. The number of para-hydroxylation sites is 1. The number of carbonyl (C=O) groups is 2. The topological polar surface area (TPSA) is 71.3 Å². The molecule has 27 heavy (non-hydrogen) atoms. The summed E-state index contributed by atoms with van der Waals surface area (Å²) in [6.07, 6.45) is 6.39. The molecule has 4 rings (SSSR count). The first-order chi connectivity index (χ1) is 13.2. The molecule has 5 nitrogen and oxygen atoms in total. The number of carbonyl (C=O) groups excluding carboxylic acids is 2. The Bertz CT molecular complexity index is 982. The molecule has 0 unspecified atom stereocenters. The lowest BCUT2D eigenvalue weighted by molar-refractivity contribution is 0.0833. The van der Waals surface area contributed by atoms with Gasteiger partial charge in [-0.25, -0.2) is 0 Å². The van der Waals surface area contributed by atoms with Crippen molar-refractivity contribution >= 4 is 45.9 Å². The first-order valence-electron chi connectivity index (χ1n) is 8.89. The van der Waals surface area contributed by atoms with E-state index in [9.17, 15) is 9.59 Å². The Hall–Kier alpha value is -2.25. The average molecular weight is 401 g/mol. The van der Waals surface area contributed by atoms with Gasteiger partial charge in [0.1, 0.15) is 5.58 Å². The van der Waals surface area contributed by atoms with Gasteiger partial charge in [-0.3, -0.25) is 20.4 Å². The van der Waals surface area contributed by atoms with Crippen LogP contribution in [0.4, 0.5) is 0 Å². The second kappa shape index (κ2) is 7.78. The first-order valence-corrected chi connectivity index (χ1v) is 11.1. The summed E-state index contributed by atoms with van der Waals surface area (Å²) in [5.74, 6) is 0.178. The van der Waals surface area contributed by atoms with E-state index in [-0.39, 0.29) is 11.7 Å². The molecule has 0 aliphatic heterocycles. The highest BCUT2D eigenvalue weighted by Crippen LogP contribution is 2.30. The van der Waals surface area contributed by atoms with Crippen molar-refractivity contribution in [3.05, 3.63) is 57.0 Å². The number of amides is 2. The van der Waals surface area contributed by atoms with Gasteiger partial charge in [-0.05, 0) is 49.6 Å². The van der Waals surface area contributed by atoms with Crippen molar-refractivity contribution in [2.24, 2.45) is 0 Å². The molecule has 3 aromatic rings. The van der Waals surface area contributed by atoms with Gasteiger partial charge in [0.2, 0.25) is 0 Å². The smallest absolute Gasteiger partial charge is 0.305 e. The summed E-state index contributed by atoms with van der Waals surface area (Å²) in [5.41, 5.74) is 7.81. The van der Waals surface area contributed by atoms with Gasteiger partial charge in [0.15, 0.2) is 5.76 Å². The molecule has 1 aliphatic carbocycles. The van der Waals surface area contributed by atoms with Crippen molar-refractivity contribution in [2.45, 2.75) is 31.4 Å². The molecule has 0 fully saturated rings. The third-order valence-electron chi connectivity index (χ3n) is 4.70. The zero-order chi connectivity index (χ0) is 18.8. The molecule has 2 heterocycles. The third-order valence-corrected chi connectivity index (χ3v) is 6.52. The quantitative estimate of drug-likeness (QED) is 0.640. The summed E-state index contributed by atoms with van der Waals surface area (Å²) in [6.45, 7) is 0. The molecule has 0 radical (unpaired) electrons. The molecule has 0 saturated heterocycles. The van der Waals surface area contributed by atoms with Gasteiger partial charge in [-0.2, -0.15) is 11.8 Å². The molecule has 7 heteroatoms. The maximum absolute atomic E-state index is 12.6. The second-order valence-corrected chi connectivity index (χ2v) is 8.52. The van der Waals surface area contributed by atoms with Gasteiger partial charge in [-0.15, -0.1) is 11.3 Å². The van der Waals surface area contributed by atoms with E-state index in [1.807, 2.05) is 36.6 Å². The Morgan fingerprint density at radius 2 is 1.93 bits per heavy atom. The van der Waals surface area contributed by atoms with E-state index < -0.39 is 5.91 Å². The Morgan fingerprint density at radius 3 is 2.74 bits per heavy atom. The number of hydrazine groups is 1. The Kier molecular flexibility index (Phi) is 5.22. The highest BCUT2D eigenvalue weighted by Gasteiger charge is 2.22. The van der Waals surface area contributed by atoms with Crippen molar-refractivity contribution in [3.63, 3.8) is 0 Å². The van der Waals surface area contributed by atoms with Crippen molar-refractivity contribution in [3.8, 4) is 0 Å². The maximum atomic E-state index is 12.6. The van der Waals surface area contributed by atoms with E-state index in [4.69, 9.17) is 4.42 Å². The number of hydrogen-bond acceptors (Lipinski definition) is 5. The Balaban J connectivity index is 1.49. The lowest BCUT2D eigenvalue weighted by Crippen LogP contribution is -2.41. The van der Waals surface area contributed by atoms with E-state index in [1.54, 1.807) is 11.8 Å². The SMILES string of the molecule is CSCc1c(C(=O)NNC(=O)c2cc3c(s2)CCCC3)oc2ccccc12. The molecule has 2 aromatic heterocycles. The average Bonchev–Trinajstić information content (AvgIpc) is 3.28. The molecular weight excluding hydrogens is 380 g/mol. The predicted octanol–water partition coefficient (Wildman–Crippen LogP) is 4.31. The molecule has 140 valence electrons. The van der Waals surface area contributed by atoms with Crippen LogP contribution >= 0.6 is 23.1 Å². The zero-order valence-electron chi connectivity index (χ0n) is 15.0. The summed E-state index contributed by atoms with van der Waals surface area (Å²) in [6, 6.07) is 9.52. The van der Waals surface area contributed by atoms with Gasteiger partial charge < -0.3 is 4.42 Å². The van der Waals surface area contributed by atoms with Crippen LogP contribution < -0.4 is 10.9 Å². The van der Waals surface area contributed by atoms with Crippen molar-refractivity contribution in [1.82, 2.24) is 10.9 Å². The molecule has 0 bridgehead atoms. The Morgan fingerprint density at radius 1 is 1.15 bits per heavy atom. The van der Waals surface area contributed by atoms with Gasteiger partial charge >= 0.3 is 5.91 Å². The minimum absolute atomic E-state index is 0.247. The minimum atomic E-state index is -0.440. The lowest BCUT2D eigenvalue weighted by Gasteiger charge is -2.08. The van der Waals surface area contributed by atoms with Crippen LogP contribution in [-0.2, 0) is 18.6 Å². The second-order valence-electron chi connectivity index (χ2n) is 6.51. The minimum Gasteiger partial charge on any atom is -0.451 e. The Labute approximate surface area is 165 Å². The lowest BCUT2D eigenvalue weighted by atomic mass is 9.99. The summed E-state index contributed by atoms with van der Waals surface area (Å²) < 4.78 is 5.74. The van der Waals surface area contributed by atoms with Gasteiger partial charge in [-0.1, -0.05) is 18.2 Å². The fourth-order valence-corrected chi connectivity index (χ4v) is 5.13. The molecule has 1 aliphatic rings. The number of aryl methyl sites for hydroxylation is 2. The first kappa shape index (κ1) is 18.1. The number of fused-ring (bicyclic) bond motifs is 2. The molecule has 2 N–H and O–H groups in total. The maximum Gasteiger partial charge on any atom is 0.305 e. The van der Waals surface area contributed by atoms with Crippen molar-refractivity contribution in [1.29, 1.82) is 0 Å². The predicted molar refractivity (Wildman–Crippen MR) is 109 cm³/mol. The number of rotatable bonds is 4. The van der Waals surface area contributed by atoms with Crippen LogP contribution in [0.25, 0.3) is 11.0 Å². The summed E-state index contributed by atoms with van der Waals surface area (Å²) in [4.78, 5) is 27.0. The van der Waals surface area contributed by atoms with Crippen LogP contribution in [0.5, 0.6) is 0 Å². The number of thiophene rings is 1. The highest BCUT2D eigenvalue weighted by atomic mass is 32.2. The molecule has 1 aromatic carbocycles. The molecule has 0 spiro atoms. The monoisotopic (exact) mass is 400 g/mol. The summed E-state index contributed by atoms with van der Waals surface area (Å²) in [5, 5.41) is 0.925. The largest absolute Gasteiger partial charge is 0.451 e. The number of nitrogens with one attached hydrogen (secondary N) is 2. The number of thioether (sulfide) groups is 1. The van der Waals surface area contributed by atoms with Crippen LogP contribution in [0.3, 0.4) is 0 Å². The fraction of sp³-hybridized carbons (Fsp3) is 0.300. The van der Waals surface area contributed by atoms with Crippen LogP contribution in [0, 0.1) is 0 Å². The summed E-state index contributed by atoms with van der Waals surface area (Å²) in [7, 11) is 0. The third kappa shape index (κ3) is 3.61. The number of benzene rings is 1. The van der Waals surface area contributed by atoms with E-state index in [1.165, 1.54) is 34.6 Å². The van der Waals surface area contributed by atoms with Crippen LogP contribution in [0.1, 0.15) is 49.1 Å². The summed E-state index contributed by atoms with van der Waals surface area (Å²) >= 11 is 3.13. The van der Waals surface area contributed by atoms with E-state index in [0.29, 0.717) is 16.2 Å². The molecule has 2 amide bonds. The van der Waals surface area contributed by atoms with Gasteiger partial charge in [0, 0.05) is 21.6 Å². The van der Waals surface area contributed by atoms with Crippen LogP contribution in [-0.4, -0.2) is 18.1 Å². The number of hydrogen-bond donors (Lipinski definition) is 2. The molecular formula is C20H20N2O3S2. The van der Waals surface area contributed by atoms with E-state index >= 15 is 0 Å². The van der Waals surface area contributed by atoms with Crippen molar-refractivity contribution in [2.75, 3.05) is 6.26 Å². The number of furan rings is 1. The normalized spacial score (nSPS) is 13.4. The van der Waals surface area contributed by atoms with Gasteiger partial charge in [0.05, 0.1) is 4.88 Å². The zero-order valence-corrected chi connectivity index (χ0v) is 16.6. The van der Waals surface area contributed by atoms with Gasteiger partial charge in [0.25, 0.3) is 5.91 Å².